The minimum atomic E-state index is 0. The van der Waals surface area contributed by atoms with Gasteiger partial charge in [-0.1, -0.05) is 0 Å². The first kappa shape index (κ1) is 15.6. The van der Waals surface area contributed by atoms with Crippen molar-refractivity contribution in [2.75, 3.05) is 0 Å². The fourth-order valence-electron chi connectivity index (χ4n) is 0. The van der Waals surface area contributed by atoms with Crippen LogP contribution in [0.2, 0.25) is 0 Å². The molecule has 0 aliphatic carbocycles. The van der Waals surface area contributed by atoms with Crippen LogP contribution in [0.3, 0.4) is 0 Å². The normalized spacial score (nSPS) is 2.80. The van der Waals surface area contributed by atoms with E-state index < -0.39 is 0 Å². The van der Waals surface area contributed by atoms with Gasteiger partial charge in [0.1, 0.15) is 0 Å². The molecule has 0 saturated heterocycles. The van der Waals surface area contributed by atoms with E-state index in [1.54, 1.807) is 37.5 Å². The average Bonchev–Trinajstić information content (AvgIpc) is 1.50. The summed E-state index contributed by atoms with van der Waals surface area (Å²) in [4.78, 5) is 0. The Morgan fingerprint density at radius 1 is 0.800 bits per heavy atom. The maximum atomic E-state index is 4.61. The van der Waals surface area contributed by atoms with E-state index in [-0.39, 0.29) is 17.1 Å². The summed E-state index contributed by atoms with van der Waals surface area (Å²) < 4.78 is 0. The van der Waals surface area contributed by atoms with Crippen molar-refractivity contribution in [1.29, 1.82) is 0 Å². The van der Waals surface area contributed by atoms with Crippen LogP contribution in [0.25, 0.3) is 0 Å². The molecule has 0 aliphatic heterocycles. The zero-order valence-electron chi connectivity index (χ0n) is 1.74. The van der Waals surface area contributed by atoms with E-state index in [1.165, 1.54) is 0 Å². The largest absolute Gasteiger partial charge is 2.00 e. The molecule has 0 aromatic heterocycles. The van der Waals surface area contributed by atoms with Crippen molar-refractivity contribution >= 4 is 18.8 Å². The summed E-state index contributed by atoms with van der Waals surface area (Å²) >= 11 is 3.22. The molecule has 0 unspecified atom stereocenters. The van der Waals surface area contributed by atoms with Gasteiger partial charge in [0.2, 0.25) is 0 Å². The fraction of sp³-hybridized carbons (Fsp3) is 0. The predicted molar refractivity (Wildman–Crippen MR) is 11.7 cm³/mol. The second kappa shape index (κ2) is 31.7. The Bertz CT molecular complexity index is 7.61. The third-order valence-electron chi connectivity index (χ3n) is 0. The van der Waals surface area contributed by atoms with Gasteiger partial charge in [0, 0.05) is 0 Å². The van der Waals surface area contributed by atoms with Gasteiger partial charge >= 0.3 is 73.5 Å². The van der Waals surface area contributed by atoms with Gasteiger partial charge in [0.05, 0.1) is 0 Å². The summed E-state index contributed by atoms with van der Waals surface area (Å²) in [6, 6.07) is 0. The van der Waals surface area contributed by atoms with Crippen LogP contribution in [0, 0.1) is 0 Å². The summed E-state index contributed by atoms with van der Waals surface area (Å²) in [7, 11) is 9.22. The quantitative estimate of drug-likeness (QED) is 0.427. The molecule has 0 aromatic carbocycles. The van der Waals surface area contributed by atoms with E-state index in [1.807, 2.05) is 0 Å². The van der Waals surface area contributed by atoms with Crippen molar-refractivity contribution < 1.29 is 54.6 Å². The van der Waals surface area contributed by atoms with Crippen molar-refractivity contribution in [2.45, 2.75) is 0 Å². The molecule has 0 fully saturated rings. The van der Waals surface area contributed by atoms with E-state index in [0.29, 0.717) is 0 Å². The molecule has 0 bridgehead atoms. The molecule has 0 radical (unpaired) electrons. The third-order valence-corrected chi connectivity index (χ3v) is 0. The van der Waals surface area contributed by atoms with Crippen molar-refractivity contribution in [3.05, 3.63) is 0 Å². The van der Waals surface area contributed by atoms with Crippen LogP contribution in [0.4, 0.5) is 0 Å². The van der Waals surface area contributed by atoms with Crippen LogP contribution >= 0.6 is 18.8 Å². The number of rotatable bonds is 0. The van der Waals surface area contributed by atoms with Crippen LogP contribution in [-0.2, 0) is 54.6 Å². The Kier molecular flexibility index (Phi) is 99.1. The second-order valence-corrected chi connectivity index (χ2v) is 0. The van der Waals surface area contributed by atoms with Crippen LogP contribution < -0.4 is 0 Å². The average molecular weight is 517 g/mol. The summed E-state index contributed by atoms with van der Waals surface area (Å²) in [5.74, 6) is 0. The maximum absolute atomic E-state index is 4.61. The summed E-state index contributed by atoms with van der Waals surface area (Å²) in [5, 5.41) is 0. The number of hydrogen-bond donors (Lipinski definition) is 0. The SMILES string of the molecule is [Cl][Pt-].[Cl][Pt-].[Fe+2]. The maximum Gasteiger partial charge on any atom is 2.00 e. The van der Waals surface area contributed by atoms with Crippen molar-refractivity contribution in [2.24, 2.45) is 0 Å². The summed E-state index contributed by atoms with van der Waals surface area (Å²) in [5.41, 5.74) is 0. The van der Waals surface area contributed by atoms with Crippen molar-refractivity contribution in [3.63, 3.8) is 0 Å². The Balaban J connectivity index is -0.0000000133. The Labute approximate surface area is 72.5 Å². The molecule has 5 heteroatoms. The topological polar surface area (TPSA) is 0 Å². The van der Waals surface area contributed by atoms with Crippen molar-refractivity contribution in [1.82, 2.24) is 0 Å². The molecule has 5 heavy (non-hydrogen) atoms. The van der Waals surface area contributed by atoms with E-state index in [2.05, 4.69) is 18.8 Å². The first-order valence-corrected chi connectivity index (χ1v) is 5.87. The third kappa shape index (κ3) is 21.2. The Morgan fingerprint density at radius 2 is 0.800 bits per heavy atom. The van der Waals surface area contributed by atoms with Gasteiger partial charge in [-0.3, -0.25) is 0 Å². The van der Waals surface area contributed by atoms with E-state index in [0.717, 1.165) is 0 Å². The first-order valence-electron chi connectivity index (χ1n) is 0.239. The first-order chi connectivity index (χ1) is 2.00. The van der Waals surface area contributed by atoms with E-state index >= 15 is 0 Å². The summed E-state index contributed by atoms with van der Waals surface area (Å²) in [6.07, 6.45) is 0. The van der Waals surface area contributed by atoms with Crippen LogP contribution in [0.15, 0.2) is 0 Å². The molecule has 0 atom stereocenters. The van der Waals surface area contributed by atoms with E-state index in [4.69, 9.17) is 0 Å². The molecule has 0 heterocycles. The molecule has 0 rings (SSSR count). The van der Waals surface area contributed by atoms with Gasteiger partial charge in [-0.2, -0.15) is 0 Å². The van der Waals surface area contributed by atoms with Gasteiger partial charge in [0.15, 0.2) is 0 Å². The minimum absolute atomic E-state index is 0. The van der Waals surface area contributed by atoms with Crippen LogP contribution in [-0.4, -0.2) is 0 Å². The van der Waals surface area contributed by atoms with E-state index in [9.17, 15) is 0 Å². The van der Waals surface area contributed by atoms with Gasteiger partial charge in [0.25, 0.3) is 0 Å². The second-order valence-electron chi connectivity index (χ2n) is 0. The fourth-order valence-corrected chi connectivity index (χ4v) is 0. The van der Waals surface area contributed by atoms with Gasteiger partial charge in [-0.15, -0.1) is 0 Å². The molecule has 0 amide bonds. The van der Waals surface area contributed by atoms with Gasteiger partial charge < -0.3 is 0 Å². The Morgan fingerprint density at radius 3 is 0.800 bits per heavy atom. The van der Waals surface area contributed by atoms with Crippen LogP contribution in [0.1, 0.15) is 0 Å². The monoisotopic (exact) mass is 516 g/mol. The molecular weight excluding hydrogens is 517 g/mol. The zero-order valence-corrected chi connectivity index (χ0v) is 8.90. The van der Waals surface area contributed by atoms with Crippen LogP contribution in [0.5, 0.6) is 0 Å². The standard InChI is InChI=1S/2ClH.Fe.2Pt/h2*1H;;;/q;;+2;;/p-2. The minimum Gasteiger partial charge on any atom is 2.00 e. The summed E-state index contributed by atoms with van der Waals surface area (Å²) in [6.45, 7) is 0. The molecule has 0 N–H and O–H groups in total. The predicted octanol–water partition coefficient (Wildman–Crippen LogP) is 1.37. The van der Waals surface area contributed by atoms with Gasteiger partial charge in [-0.25, -0.2) is 0 Å². The molecule has 0 nitrogen and oxygen atoms in total. The molecular formula is Cl2FePt2. The Hall–Kier alpha value is 2.48. The number of halogens is 2. The molecule has 0 spiro atoms. The molecule has 0 aromatic rings. The molecule has 42 valence electrons. The van der Waals surface area contributed by atoms with Gasteiger partial charge in [-0.05, 0) is 0 Å². The number of hydrogen-bond acceptors (Lipinski definition) is 0. The van der Waals surface area contributed by atoms with Crippen molar-refractivity contribution in [3.8, 4) is 0 Å². The zero-order chi connectivity index (χ0) is 4.00. The smallest absolute Gasteiger partial charge is 2.00 e. The molecule has 0 saturated carbocycles. The molecule has 0 aliphatic rings.